The molecular formula is C15H20O7. The highest BCUT2D eigenvalue weighted by molar-refractivity contribution is 5.88. The molecule has 0 spiro atoms. The average molecular weight is 312 g/mol. The van der Waals surface area contributed by atoms with Gasteiger partial charge in [-0.2, -0.15) is 0 Å². The molecule has 0 aromatic heterocycles. The van der Waals surface area contributed by atoms with E-state index >= 15 is 0 Å². The number of hydrogen-bond acceptors (Lipinski definition) is 7. The molecule has 0 saturated heterocycles. The van der Waals surface area contributed by atoms with Crippen molar-refractivity contribution in [3.8, 4) is 0 Å². The van der Waals surface area contributed by atoms with E-state index in [2.05, 4.69) is 24.5 Å². The number of hydrogen-bond donors (Lipinski definition) is 1. The van der Waals surface area contributed by atoms with Gasteiger partial charge in [0.25, 0.3) is 0 Å². The quantitative estimate of drug-likeness (QED) is 0.259. The largest absolute Gasteiger partial charge is 0.462 e. The zero-order chi connectivity index (χ0) is 17.0. The number of aliphatic hydroxyl groups is 1. The van der Waals surface area contributed by atoms with Crippen molar-refractivity contribution in [1.29, 1.82) is 0 Å². The Bertz CT molecular complexity index is 451. The predicted molar refractivity (Wildman–Crippen MR) is 77.7 cm³/mol. The Morgan fingerprint density at radius 3 is 1.91 bits per heavy atom. The molecule has 0 aliphatic rings. The maximum Gasteiger partial charge on any atom is 0.333 e. The second-order valence-corrected chi connectivity index (χ2v) is 4.07. The van der Waals surface area contributed by atoms with Gasteiger partial charge in [0.1, 0.15) is 13.2 Å². The number of rotatable bonds is 11. The van der Waals surface area contributed by atoms with Gasteiger partial charge in [-0.15, -0.1) is 0 Å². The molecule has 1 N–H and O–H groups in total. The number of carbonyl (C=O) groups excluding carboxylic acids is 3. The Kier molecular flexibility index (Phi) is 10.0. The molecule has 0 rings (SSSR count). The van der Waals surface area contributed by atoms with Gasteiger partial charge >= 0.3 is 17.9 Å². The van der Waals surface area contributed by atoms with Gasteiger partial charge in [-0.1, -0.05) is 19.7 Å². The van der Waals surface area contributed by atoms with Crippen molar-refractivity contribution in [2.75, 3.05) is 26.4 Å². The van der Waals surface area contributed by atoms with Crippen LogP contribution < -0.4 is 0 Å². The minimum atomic E-state index is -0.667. The van der Waals surface area contributed by atoms with Crippen molar-refractivity contribution in [3.63, 3.8) is 0 Å². The minimum absolute atomic E-state index is 0.0529. The van der Waals surface area contributed by atoms with Crippen molar-refractivity contribution < 1.29 is 33.7 Å². The van der Waals surface area contributed by atoms with Gasteiger partial charge in [0, 0.05) is 36.7 Å². The second kappa shape index (κ2) is 11.3. The first-order chi connectivity index (χ1) is 10.4. The van der Waals surface area contributed by atoms with Crippen LogP contribution in [0.3, 0.4) is 0 Å². The molecule has 0 aromatic rings. The van der Waals surface area contributed by atoms with Crippen LogP contribution in [0.4, 0.5) is 0 Å². The van der Waals surface area contributed by atoms with Gasteiger partial charge < -0.3 is 19.3 Å². The first-order valence-corrected chi connectivity index (χ1v) is 6.52. The summed E-state index contributed by atoms with van der Waals surface area (Å²) in [7, 11) is 0. The smallest absolute Gasteiger partial charge is 0.333 e. The van der Waals surface area contributed by atoms with Crippen LogP contribution in [0.5, 0.6) is 0 Å². The van der Waals surface area contributed by atoms with E-state index in [0.29, 0.717) is 0 Å². The fraction of sp³-hybridized carbons (Fsp3) is 0.400. The van der Waals surface area contributed by atoms with Crippen molar-refractivity contribution in [2.45, 2.75) is 12.8 Å². The van der Waals surface area contributed by atoms with Crippen LogP contribution in [0, 0.1) is 0 Å². The molecule has 0 bridgehead atoms. The fourth-order valence-electron chi connectivity index (χ4n) is 1.15. The molecule has 0 aliphatic carbocycles. The van der Waals surface area contributed by atoms with E-state index in [1.54, 1.807) is 0 Å². The van der Waals surface area contributed by atoms with Gasteiger partial charge in [0.15, 0.2) is 0 Å². The monoisotopic (exact) mass is 312 g/mol. The highest BCUT2D eigenvalue weighted by Gasteiger charge is 2.12. The maximum atomic E-state index is 11.5. The van der Waals surface area contributed by atoms with E-state index in [1.165, 1.54) is 0 Å². The summed E-state index contributed by atoms with van der Waals surface area (Å²) < 4.78 is 14.3. The summed E-state index contributed by atoms with van der Waals surface area (Å²) in [6.45, 7) is 9.74. The zero-order valence-corrected chi connectivity index (χ0v) is 12.3. The molecule has 0 radical (unpaired) electrons. The van der Waals surface area contributed by atoms with Crippen LogP contribution in [0.2, 0.25) is 0 Å². The molecule has 7 heteroatoms. The predicted octanol–water partition coefficient (Wildman–Crippen LogP) is 0.687. The first-order valence-electron chi connectivity index (χ1n) is 6.52. The van der Waals surface area contributed by atoms with Gasteiger partial charge in [0.05, 0.1) is 6.61 Å². The molecule has 0 fully saturated rings. The number of ether oxygens (including phenoxy) is 3. The SMILES string of the molecule is C=CC(=O)OCCOC(=O)C(=C)CCOC(=O)C(=C)CCO. The molecule has 0 aliphatic heterocycles. The van der Waals surface area contributed by atoms with Crippen molar-refractivity contribution in [3.05, 3.63) is 37.0 Å². The lowest BCUT2D eigenvalue weighted by Crippen LogP contribution is -2.15. The third kappa shape index (κ3) is 8.70. The van der Waals surface area contributed by atoms with E-state index in [9.17, 15) is 14.4 Å². The lowest BCUT2D eigenvalue weighted by Gasteiger charge is -2.08. The highest BCUT2D eigenvalue weighted by Crippen LogP contribution is 2.05. The van der Waals surface area contributed by atoms with Gasteiger partial charge in [-0.05, 0) is 0 Å². The summed E-state index contributed by atoms with van der Waals surface area (Å²) in [6, 6.07) is 0. The molecular weight excluding hydrogens is 292 g/mol. The molecule has 0 aromatic carbocycles. The standard InChI is InChI=1S/C15H20O7/c1-4-13(17)20-9-10-22-15(19)12(3)6-8-21-14(18)11(2)5-7-16/h4,16H,1-3,5-10H2. The molecule has 0 atom stereocenters. The third-order valence-electron chi connectivity index (χ3n) is 2.36. The maximum absolute atomic E-state index is 11.5. The van der Waals surface area contributed by atoms with Crippen LogP contribution in [0.25, 0.3) is 0 Å². The lowest BCUT2D eigenvalue weighted by atomic mass is 10.2. The van der Waals surface area contributed by atoms with Crippen LogP contribution in [-0.2, 0) is 28.6 Å². The average Bonchev–Trinajstić information content (AvgIpc) is 2.50. The van der Waals surface area contributed by atoms with E-state index < -0.39 is 17.9 Å². The lowest BCUT2D eigenvalue weighted by molar-refractivity contribution is -0.147. The normalized spacial score (nSPS) is 9.50. The summed E-state index contributed by atoms with van der Waals surface area (Å²) in [5.41, 5.74) is 0.273. The molecule has 22 heavy (non-hydrogen) atoms. The van der Waals surface area contributed by atoms with Crippen LogP contribution >= 0.6 is 0 Å². The molecule has 0 heterocycles. The Hall–Kier alpha value is -2.41. The summed E-state index contributed by atoms with van der Waals surface area (Å²) in [4.78, 5) is 33.6. The Balaban J connectivity index is 3.85. The summed E-state index contributed by atoms with van der Waals surface area (Å²) in [5, 5.41) is 8.64. The Morgan fingerprint density at radius 1 is 0.864 bits per heavy atom. The van der Waals surface area contributed by atoms with Crippen LogP contribution in [0.1, 0.15) is 12.8 Å². The van der Waals surface area contributed by atoms with Gasteiger partial charge in [-0.25, -0.2) is 14.4 Å². The molecule has 122 valence electrons. The first kappa shape index (κ1) is 19.6. The summed E-state index contributed by atoms with van der Waals surface area (Å²) >= 11 is 0. The minimum Gasteiger partial charge on any atom is -0.462 e. The summed E-state index contributed by atoms with van der Waals surface area (Å²) in [5.74, 6) is -1.91. The Morgan fingerprint density at radius 2 is 1.36 bits per heavy atom. The topological polar surface area (TPSA) is 99.1 Å². The van der Waals surface area contributed by atoms with Gasteiger partial charge in [0.2, 0.25) is 0 Å². The van der Waals surface area contributed by atoms with Crippen molar-refractivity contribution in [2.24, 2.45) is 0 Å². The Labute approximate surface area is 128 Å². The fourth-order valence-corrected chi connectivity index (χ4v) is 1.15. The van der Waals surface area contributed by atoms with E-state index in [0.717, 1.165) is 6.08 Å². The van der Waals surface area contributed by atoms with E-state index in [4.69, 9.17) is 14.6 Å². The summed E-state index contributed by atoms with van der Waals surface area (Å²) in [6.07, 6.45) is 1.23. The molecule has 0 saturated carbocycles. The molecule has 7 nitrogen and oxygen atoms in total. The third-order valence-corrected chi connectivity index (χ3v) is 2.36. The molecule has 0 amide bonds. The number of aliphatic hydroxyl groups excluding tert-OH is 1. The van der Waals surface area contributed by atoms with Crippen LogP contribution in [-0.4, -0.2) is 49.4 Å². The van der Waals surface area contributed by atoms with E-state index in [1.807, 2.05) is 0 Å². The van der Waals surface area contributed by atoms with Crippen molar-refractivity contribution >= 4 is 17.9 Å². The van der Waals surface area contributed by atoms with E-state index in [-0.39, 0.29) is 50.4 Å². The van der Waals surface area contributed by atoms with Gasteiger partial charge in [-0.3, -0.25) is 0 Å². The highest BCUT2D eigenvalue weighted by atomic mass is 16.6. The zero-order valence-electron chi connectivity index (χ0n) is 12.3. The van der Waals surface area contributed by atoms with Crippen LogP contribution in [0.15, 0.2) is 37.0 Å². The second-order valence-electron chi connectivity index (χ2n) is 4.07. The van der Waals surface area contributed by atoms with Crippen molar-refractivity contribution in [1.82, 2.24) is 0 Å². The number of esters is 3. The number of carbonyl (C=O) groups is 3. The molecule has 0 unspecified atom stereocenters.